The molecule has 2 aromatic heterocycles. The fourth-order valence-corrected chi connectivity index (χ4v) is 3.73. The highest BCUT2D eigenvalue weighted by atomic mass is 32.1. The summed E-state index contributed by atoms with van der Waals surface area (Å²) < 4.78 is 15.9. The average Bonchev–Trinajstić information content (AvgIpc) is 3.35. The minimum atomic E-state index is -0.602. The molecule has 0 saturated carbocycles. The molecule has 0 saturated heterocycles. The summed E-state index contributed by atoms with van der Waals surface area (Å²) >= 11 is 0.941. The number of oxazole rings is 1. The lowest BCUT2D eigenvalue weighted by atomic mass is 10.1. The summed E-state index contributed by atoms with van der Waals surface area (Å²) in [6, 6.07) is 9.78. The third-order valence-corrected chi connectivity index (χ3v) is 5.46. The van der Waals surface area contributed by atoms with E-state index in [1.165, 1.54) is 0 Å². The number of aryl methyl sites for hydroxylation is 2. The highest BCUT2D eigenvalue weighted by Crippen LogP contribution is 2.32. The van der Waals surface area contributed by atoms with Crippen molar-refractivity contribution < 1.29 is 23.5 Å². The van der Waals surface area contributed by atoms with Crippen LogP contribution in [0.5, 0.6) is 0 Å². The first kappa shape index (κ1) is 22.1. The van der Waals surface area contributed by atoms with E-state index in [0.717, 1.165) is 22.5 Å². The molecule has 2 heterocycles. The normalized spacial score (nSPS) is 10.5. The summed E-state index contributed by atoms with van der Waals surface area (Å²) in [6.07, 6.45) is 1.90. The number of carbonyl (C=O) groups excluding carboxylic acids is 2. The van der Waals surface area contributed by atoms with Crippen LogP contribution in [0.4, 0.5) is 5.00 Å². The Morgan fingerprint density at radius 2 is 2.00 bits per heavy atom. The van der Waals surface area contributed by atoms with Gasteiger partial charge in [0.15, 0.2) is 11.7 Å². The lowest BCUT2D eigenvalue weighted by Gasteiger charge is -2.06. The van der Waals surface area contributed by atoms with Crippen LogP contribution < -0.4 is 5.73 Å². The van der Waals surface area contributed by atoms with Crippen molar-refractivity contribution in [2.45, 2.75) is 33.3 Å². The Morgan fingerprint density at radius 3 is 2.68 bits per heavy atom. The van der Waals surface area contributed by atoms with Crippen LogP contribution in [0.3, 0.4) is 0 Å². The van der Waals surface area contributed by atoms with E-state index in [1.54, 1.807) is 13.1 Å². The molecule has 31 heavy (non-hydrogen) atoms. The number of hydrogen-bond donors (Lipinski definition) is 1. The number of nitrogens with zero attached hydrogens (tertiary/aromatic N) is 2. The van der Waals surface area contributed by atoms with Crippen molar-refractivity contribution in [3.8, 4) is 17.4 Å². The number of carbonyl (C=O) groups is 2. The summed E-state index contributed by atoms with van der Waals surface area (Å²) in [5.41, 5.74) is 8.24. The van der Waals surface area contributed by atoms with Gasteiger partial charge in [-0.15, -0.1) is 11.3 Å². The molecule has 3 rings (SSSR count). The van der Waals surface area contributed by atoms with Crippen LogP contribution in [-0.2, 0) is 27.3 Å². The van der Waals surface area contributed by atoms with Crippen molar-refractivity contribution in [2.24, 2.45) is 0 Å². The van der Waals surface area contributed by atoms with Crippen LogP contribution in [-0.4, -0.2) is 23.5 Å². The molecule has 0 aliphatic carbocycles. The molecule has 0 unspecified atom stereocenters. The van der Waals surface area contributed by atoms with Gasteiger partial charge in [0.1, 0.15) is 22.6 Å². The highest BCUT2D eigenvalue weighted by Gasteiger charge is 2.24. The molecule has 0 atom stereocenters. The summed E-state index contributed by atoms with van der Waals surface area (Å²) in [5, 5.41) is 9.50. The zero-order valence-corrected chi connectivity index (χ0v) is 18.0. The van der Waals surface area contributed by atoms with E-state index in [2.05, 4.69) is 4.98 Å². The standard InChI is InChI=1S/C22H21N3O5S/c1-3-28-22(27)20-16(15(10-23)21(24)31-20)12-29-19(26)9-8-18-25-11-17(30-18)14-6-4-13(2)5-7-14/h4-7,11H,3,8-9,12,24H2,1-2H3. The number of nitrogen functional groups attached to an aromatic ring is 1. The largest absolute Gasteiger partial charge is 0.462 e. The Bertz CT molecular complexity index is 1130. The molecule has 0 spiro atoms. The Balaban J connectivity index is 1.59. The zero-order chi connectivity index (χ0) is 22.4. The SMILES string of the molecule is CCOC(=O)c1sc(N)c(C#N)c1COC(=O)CCc1ncc(-c2ccc(C)cc2)o1. The van der Waals surface area contributed by atoms with Crippen molar-refractivity contribution in [3.63, 3.8) is 0 Å². The average molecular weight is 439 g/mol. The smallest absolute Gasteiger partial charge is 0.348 e. The van der Waals surface area contributed by atoms with Crippen molar-refractivity contribution in [1.82, 2.24) is 4.98 Å². The summed E-state index contributed by atoms with van der Waals surface area (Å²) in [4.78, 5) is 28.7. The number of thiophene rings is 1. The highest BCUT2D eigenvalue weighted by molar-refractivity contribution is 7.18. The van der Waals surface area contributed by atoms with Crippen LogP contribution in [0, 0.1) is 18.3 Å². The van der Waals surface area contributed by atoms with Gasteiger partial charge >= 0.3 is 11.9 Å². The molecule has 0 amide bonds. The van der Waals surface area contributed by atoms with Crippen molar-refractivity contribution in [1.29, 1.82) is 5.26 Å². The number of rotatable bonds is 8. The number of nitrogens with two attached hydrogens (primary N) is 1. The van der Waals surface area contributed by atoms with E-state index in [1.807, 2.05) is 37.3 Å². The second-order valence-electron chi connectivity index (χ2n) is 6.63. The van der Waals surface area contributed by atoms with E-state index in [-0.39, 0.29) is 47.1 Å². The molecule has 0 aliphatic heterocycles. The molecule has 1 aromatic carbocycles. The summed E-state index contributed by atoms with van der Waals surface area (Å²) in [5.74, 6) is -0.0826. The van der Waals surface area contributed by atoms with Crippen molar-refractivity contribution in [2.75, 3.05) is 12.3 Å². The minimum Gasteiger partial charge on any atom is -0.462 e. The summed E-state index contributed by atoms with van der Waals surface area (Å²) in [7, 11) is 0. The number of esters is 2. The summed E-state index contributed by atoms with van der Waals surface area (Å²) in [6.45, 7) is 3.61. The molecule has 0 fully saturated rings. The van der Waals surface area contributed by atoms with Gasteiger partial charge in [-0.25, -0.2) is 9.78 Å². The van der Waals surface area contributed by atoms with Gasteiger partial charge in [0.2, 0.25) is 0 Å². The Kier molecular flexibility index (Phi) is 7.05. The van der Waals surface area contributed by atoms with Crippen molar-refractivity contribution >= 4 is 28.3 Å². The molecule has 0 bridgehead atoms. The molecular weight excluding hydrogens is 418 g/mol. The minimum absolute atomic E-state index is 0.0318. The first-order valence-electron chi connectivity index (χ1n) is 9.58. The number of ether oxygens (including phenoxy) is 2. The second-order valence-corrected chi connectivity index (χ2v) is 7.68. The quantitative estimate of drug-likeness (QED) is 0.521. The molecule has 8 nitrogen and oxygen atoms in total. The predicted octanol–water partition coefficient (Wildman–Crippen LogP) is 4.02. The molecule has 9 heteroatoms. The molecule has 160 valence electrons. The van der Waals surface area contributed by atoms with Crippen LogP contribution >= 0.6 is 11.3 Å². The zero-order valence-electron chi connectivity index (χ0n) is 17.1. The first-order chi connectivity index (χ1) is 14.9. The van der Waals surface area contributed by atoms with Crippen LogP contribution in [0.1, 0.15) is 45.6 Å². The number of hydrogen-bond acceptors (Lipinski definition) is 9. The first-order valence-corrected chi connectivity index (χ1v) is 10.4. The van der Waals surface area contributed by atoms with Gasteiger partial charge in [-0.2, -0.15) is 5.26 Å². The van der Waals surface area contributed by atoms with Crippen LogP contribution in [0.2, 0.25) is 0 Å². The molecular formula is C22H21N3O5S. The van der Waals surface area contributed by atoms with Crippen LogP contribution in [0.15, 0.2) is 34.9 Å². The molecule has 2 N–H and O–H groups in total. The second kappa shape index (κ2) is 9.91. The lowest BCUT2D eigenvalue weighted by Crippen LogP contribution is -2.10. The Hall–Kier alpha value is -3.64. The van der Waals surface area contributed by atoms with Gasteiger partial charge in [-0.1, -0.05) is 29.8 Å². The van der Waals surface area contributed by atoms with E-state index < -0.39 is 11.9 Å². The maximum absolute atomic E-state index is 12.2. The Labute approximate surface area is 183 Å². The molecule has 0 aliphatic rings. The number of anilines is 1. The number of aromatic nitrogens is 1. The lowest BCUT2D eigenvalue weighted by molar-refractivity contribution is -0.145. The third-order valence-electron chi connectivity index (χ3n) is 4.42. The third kappa shape index (κ3) is 5.29. The van der Waals surface area contributed by atoms with Crippen LogP contribution in [0.25, 0.3) is 11.3 Å². The van der Waals surface area contributed by atoms with Crippen molar-refractivity contribution in [3.05, 3.63) is 57.9 Å². The monoisotopic (exact) mass is 439 g/mol. The number of benzene rings is 1. The van der Waals surface area contributed by atoms with E-state index >= 15 is 0 Å². The fraction of sp³-hybridized carbons (Fsp3) is 0.273. The maximum Gasteiger partial charge on any atom is 0.348 e. The van der Waals surface area contributed by atoms with Gasteiger partial charge in [0.25, 0.3) is 0 Å². The number of nitriles is 1. The molecule has 3 aromatic rings. The van der Waals surface area contributed by atoms with Gasteiger partial charge < -0.3 is 19.6 Å². The fourth-order valence-electron chi connectivity index (χ4n) is 2.82. The van der Waals surface area contributed by atoms with Gasteiger partial charge in [0.05, 0.1) is 24.8 Å². The van der Waals surface area contributed by atoms with Gasteiger partial charge in [0, 0.05) is 17.5 Å². The Morgan fingerprint density at radius 1 is 1.26 bits per heavy atom. The van der Waals surface area contributed by atoms with E-state index in [4.69, 9.17) is 19.6 Å². The van der Waals surface area contributed by atoms with E-state index in [9.17, 15) is 14.9 Å². The van der Waals surface area contributed by atoms with Gasteiger partial charge in [-0.3, -0.25) is 4.79 Å². The van der Waals surface area contributed by atoms with E-state index in [0.29, 0.717) is 11.7 Å². The maximum atomic E-state index is 12.2. The van der Waals surface area contributed by atoms with Gasteiger partial charge in [-0.05, 0) is 13.8 Å². The topological polar surface area (TPSA) is 128 Å². The predicted molar refractivity (Wildman–Crippen MR) is 114 cm³/mol. The molecule has 0 radical (unpaired) electrons.